The first-order valence-corrected chi connectivity index (χ1v) is 10.0. The molecule has 3 rings (SSSR count). The maximum atomic E-state index is 12.7. The van der Waals surface area contributed by atoms with Gasteiger partial charge < -0.3 is 14.8 Å². The second kappa shape index (κ2) is 10.2. The number of carbonyl (C=O) groups is 2. The van der Waals surface area contributed by atoms with Crippen molar-refractivity contribution in [2.45, 2.75) is 18.9 Å². The number of esters is 1. The van der Waals surface area contributed by atoms with Gasteiger partial charge >= 0.3 is 5.97 Å². The van der Waals surface area contributed by atoms with Crippen molar-refractivity contribution in [3.05, 3.63) is 64.1 Å². The number of amides is 1. The second-order valence-electron chi connectivity index (χ2n) is 6.48. The molecule has 0 spiro atoms. The first-order valence-electron chi connectivity index (χ1n) is 9.23. The third-order valence-corrected chi connectivity index (χ3v) is 4.86. The third kappa shape index (κ3) is 6.13. The molecule has 0 aliphatic carbocycles. The third-order valence-electron chi connectivity index (χ3n) is 4.36. The first kappa shape index (κ1) is 21.0. The fourth-order valence-electron chi connectivity index (χ4n) is 2.85. The molecule has 1 amide bonds. The van der Waals surface area contributed by atoms with Crippen molar-refractivity contribution < 1.29 is 19.1 Å². The van der Waals surface area contributed by atoms with Crippen LogP contribution in [0.2, 0.25) is 0 Å². The zero-order valence-electron chi connectivity index (χ0n) is 16.0. The summed E-state index contributed by atoms with van der Waals surface area (Å²) in [5.41, 5.74) is 1.56. The number of hydrogen-bond acceptors (Lipinski definition) is 5. The van der Waals surface area contributed by atoms with E-state index in [1.165, 1.54) is 7.11 Å². The number of guanidine groups is 1. The highest BCUT2D eigenvalue weighted by Crippen LogP contribution is 2.16. The van der Waals surface area contributed by atoms with Crippen molar-refractivity contribution in [3.8, 4) is 0 Å². The molecule has 1 aliphatic rings. The Kier molecular flexibility index (Phi) is 7.37. The molecule has 2 N–H and O–H groups in total. The lowest BCUT2D eigenvalue weighted by Crippen LogP contribution is -2.36. The summed E-state index contributed by atoms with van der Waals surface area (Å²) in [4.78, 5) is 28.7. The highest BCUT2D eigenvalue weighted by Gasteiger charge is 2.16. The van der Waals surface area contributed by atoms with Gasteiger partial charge in [-0.3, -0.25) is 10.1 Å². The molecule has 1 saturated heterocycles. The second-order valence-corrected chi connectivity index (χ2v) is 7.40. The van der Waals surface area contributed by atoms with Crippen molar-refractivity contribution in [2.75, 3.05) is 25.6 Å². The molecule has 7 nitrogen and oxygen atoms in total. The van der Waals surface area contributed by atoms with Gasteiger partial charge in [-0.05, 0) is 55.3 Å². The van der Waals surface area contributed by atoms with E-state index in [1.807, 2.05) is 24.3 Å². The Hall–Kier alpha value is -2.71. The van der Waals surface area contributed by atoms with Crippen molar-refractivity contribution in [3.63, 3.8) is 0 Å². The Balaban J connectivity index is 1.73. The number of rotatable bonds is 5. The zero-order valence-corrected chi connectivity index (χ0v) is 17.6. The van der Waals surface area contributed by atoms with Crippen LogP contribution >= 0.6 is 15.9 Å². The van der Waals surface area contributed by atoms with Crippen LogP contribution in [0.4, 0.5) is 5.69 Å². The number of aliphatic imine (C=N–C) groups is 1. The SMILES string of the molecule is COC(=O)c1ccc(C(=O)NC(=NC[C@H]2CCCO2)Nc2cccc(Br)c2)cc1. The number of hydrogen-bond donors (Lipinski definition) is 2. The number of methoxy groups -OCH3 is 1. The van der Waals surface area contributed by atoms with Gasteiger partial charge in [-0.15, -0.1) is 0 Å². The average molecular weight is 460 g/mol. The molecule has 1 atom stereocenters. The summed E-state index contributed by atoms with van der Waals surface area (Å²) in [5, 5.41) is 5.94. The minimum Gasteiger partial charge on any atom is -0.465 e. The van der Waals surface area contributed by atoms with Crippen LogP contribution in [0.3, 0.4) is 0 Å². The first-order chi connectivity index (χ1) is 14.0. The van der Waals surface area contributed by atoms with Crippen molar-refractivity contribution >= 4 is 39.5 Å². The Morgan fingerprint density at radius 3 is 2.62 bits per heavy atom. The van der Waals surface area contributed by atoms with E-state index in [0.717, 1.165) is 29.6 Å². The predicted octanol–water partition coefficient (Wildman–Crippen LogP) is 3.61. The predicted molar refractivity (Wildman–Crippen MR) is 114 cm³/mol. The van der Waals surface area contributed by atoms with Crippen molar-refractivity contribution in [1.82, 2.24) is 5.32 Å². The van der Waals surface area contributed by atoms with Crippen LogP contribution in [0.1, 0.15) is 33.6 Å². The highest BCUT2D eigenvalue weighted by molar-refractivity contribution is 9.10. The molecular weight excluding hydrogens is 438 g/mol. The molecule has 0 aromatic heterocycles. The van der Waals surface area contributed by atoms with Gasteiger partial charge in [-0.2, -0.15) is 0 Å². The van der Waals surface area contributed by atoms with E-state index >= 15 is 0 Å². The molecule has 8 heteroatoms. The van der Waals surface area contributed by atoms with Crippen LogP contribution in [0, 0.1) is 0 Å². The van der Waals surface area contributed by atoms with Crippen LogP contribution < -0.4 is 10.6 Å². The summed E-state index contributed by atoms with van der Waals surface area (Å²) in [6.07, 6.45) is 2.04. The molecular formula is C21H22BrN3O4. The zero-order chi connectivity index (χ0) is 20.6. The normalized spacial score (nSPS) is 16.3. The van der Waals surface area contributed by atoms with Crippen LogP contribution in [0.15, 0.2) is 58.0 Å². The summed E-state index contributed by atoms with van der Waals surface area (Å²) in [6, 6.07) is 13.8. The molecule has 0 unspecified atom stereocenters. The van der Waals surface area contributed by atoms with Crippen LogP contribution in [-0.2, 0) is 9.47 Å². The highest BCUT2D eigenvalue weighted by atomic mass is 79.9. The summed E-state index contributed by atoms with van der Waals surface area (Å²) in [5.74, 6) is -0.456. The van der Waals surface area contributed by atoms with E-state index in [1.54, 1.807) is 24.3 Å². The van der Waals surface area contributed by atoms with Gasteiger partial charge in [0.25, 0.3) is 5.91 Å². The topological polar surface area (TPSA) is 89.0 Å². The molecule has 1 aliphatic heterocycles. The number of benzene rings is 2. The van der Waals surface area contributed by atoms with Crippen molar-refractivity contribution in [1.29, 1.82) is 0 Å². The lowest BCUT2D eigenvalue weighted by atomic mass is 10.1. The Labute approximate surface area is 177 Å². The average Bonchev–Trinajstić information content (AvgIpc) is 3.25. The van der Waals surface area contributed by atoms with Gasteiger partial charge in [0.15, 0.2) is 0 Å². The largest absolute Gasteiger partial charge is 0.465 e. The molecule has 152 valence electrons. The number of ether oxygens (including phenoxy) is 2. The number of carbonyl (C=O) groups excluding carboxylic acids is 2. The minimum atomic E-state index is -0.452. The van der Waals surface area contributed by atoms with E-state index in [-0.39, 0.29) is 12.0 Å². The lowest BCUT2D eigenvalue weighted by Gasteiger charge is -2.14. The van der Waals surface area contributed by atoms with Crippen LogP contribution in [-0.4, -0.2) is 44.2 Å². The van der Waals surface area contributed by atoms with Gasteiger partial charge in [0.05, 0.1) is 25.3 Å². The molecule has 0 saturated carbocycles. The smallest absolute Gasteiger partial charge is 0.337 e. The molecule has 1 heterocycles. The monoisotopic (exact) mass is 459 g/mol. The maximum absolute atomic E-state index is 12.7. The number of halogens is 1. The summed E-state index contributed by atoms with van der Waals surface area (Å²) >= 11 is 3.43. The quantitative estimate of drug-likeness (QED) is 0.404. The van der Waals surface area contributed by atoms with E-state index in [4.69, 9.17) is 4.74 Å². The minimum absolute atomic E-state index is 0.0607. The maximum Gasteiger partial charge on any atom is 0.337 e. The molecule has 29 heavy (non-hydrogen) atoms. The van der Waals surface area contributed by atoms with Crippen molar-refractivity contribution in [2.24, 2.45) is 4.99 Å². The number of anilines is 1. The van der Waals surface area contributed by atoms with Crippen LogP contribution in [0.25, 0.3) is 0 Å². The van der Waals surface area contributed by atoms with Gasteiger partial charge in [0.2, 0.25) is 5.96 Å². The summed E-state index contributed by atoms with van der Waals surface area (Å²) in [7, 11) is 1.31. The van der Waals surface area contributed by atoms with Gasteiger partial charge in [0.1, 0.15) is 0 Å². The Morgan fingerprint density at radius 2 is 1.97 bits per heavy atom. The lowest BCUT2D eigenvalue weighted by molar-refractivity contribution is 0.0600. The Bertz CT molecular complexity index is 893. The van der Waals surface area contributed by atoms with E-state index < -0.39 is 5.97 Å². The molecule has 1 fully saturated rings. The summed E-state index contributed by atoms with van der Waals surface area (Å²) in [6.45, 7) is 1.20. The van der Waals surface area contributed by atoms with Crippen LogP contribution in [0.5, 0.6) is 0 Å². The van der Waals surface area contributed by atoms with E-state index in [2.05, 4.69) is 36.3 Å². The fraction of sp³-hybridized carbons (Fsp3) is 0.286. The van der Waals surface area contributed by atoms with Gasteiger partial charge in [0, 0.05) is 22.3 Å². The molecule has 0 radical (unpaired) electrons. The van der Waals surface area contributed by atoms with Gasteiger partial charge in [-0.25, -0.2) is 9.79 Å². The van der Waals surface area contributed by atoms with Gasteiger partial charge in [-0.1, -0.05) is 22.0 Å². The van der Waals surface area contributed by atoms with E-state index in [0.29, 0.717) is 23.6 Å². The Morgan fingerprint density at radius 1 is 1.21 bits per heavy atom. The van der Waals surface area contributed by atoms with E-state index in [9.17, 15) is 9.59 Å². The number of nitrogens with zero attached hydrogens (tertiary/aromatic N) is 1. The fourth-order valence-corrected chi connectivity index (χ4v) is 3.25. The summed E-state index contributed by atoms with van der Waals surface area (Å²) < 4.78 is 11.2. The molecule has 2 aromatic carbocycles. The molecule has 2 aromatic rings. The number of nitrogens with one attached hydrogen (secondary N) is 2. The molecule has 0 bridgehead atoms. The standard InChI is InChI=1S/C21H22BrN3O4/c1-28-20(27)15-9-7-14(8-10-15)19(26)25-21(23-13-18-6-3-11-29-18)24-17-5-2-4-16(22)12-17/h2,4-5,7-10,12,18H,3,6,11,13H2,1H3,(H2,23,24,25,26)/t18-/m1/s1.